The normalized spacial score (nSPS) is 12.4. The van der Waals surface area contributed by atoms with Crippen LogP contribution in [0.1, 0.15) is 63.3 Å². The molecule has 9 N–H and O–H groups in total. The second kappa shape index (κ2) is 38.9. The molecule has 450 valence electrons. The first-order chi connectivity index (χ1) is 41.4. The summed E-state index contributed by atoms with van der Waals surface area (Å²) < 4.78 is 47.6. The number of hydrogen-bond donors (Lipinski definition) is 9. The summed E-state index contributed by atoms with van der Waals surface area (Å²) in [5.41, 5.74) is 12.0. The van der Waals surface area contributed by atoms with Gasteiger partial charge in [0.1, 0.15) is 11.6 Å². The van der Waals surface area contributed by atoms with Crippen molar-refractivity contribution in [3.05, 3.63) is 158 Å². The standard InChI is InChI=1S/C20H17BBrFN6O5.C9H9BO4.C9H11BO2.C9H9BO2.C4H8O2.2CO2.CH4O/c22-15-10-13(3-4-16(15)23)26-19(27-32)17-18(29-34-28-17)24-6-7-25-20(30)12-2-1-11-5-8-33-21(31)14(11)9-12;11-6-13-8-2-1-7-3-4-14-10(12)9(7)5-8;2*1-7-2-3-8-4-5-12-10(11)9(8)6-7;1-3-6-4(2)5;2*2-1-3;1-2/h1-5,8-10,31-32H,6-7H2,(H,24,29)(H,25,30)(H,26,27);1-2,5-6,12H,3-4H2;2-3,6,11H,4-5H2,1H3;2-6,11H,1H3;3H2,1-2H3;;;2H,1H3. The lowest BCUT2D eigenvalue weighted by Gasteiger charge is -2.18. The highest BCUT2D eigenvalue weighted by Gasteiger charge is 2.27. The summed E-state index contributed by atoms with van der Waals surface area (Å²) in [5.74, 6) is -0.514. The second-order valence-corrected chi connectivity index (χ2v) is 18.0. The van der Waals surface area contributed by atoms with Crippen molar-refractivity contribution in [3.63, 3.8) is 0 Å². The topological polar surface area (TPSA) is 384 Å². The van der Waals surface area contributed by atoms with Crippen LogP contribution in [0.3, 0.4) is 0 Å². The molecule has 5 aromatic carbocycles. The van der Waals surface area contributed by atoms with Crippen LogP contribution in [0.2, 0.25) is 0 Å². The largest absolute Gasteiger partial charge is 0.560 e. The van der Waals surface area contributed by atoms with Crippen LogP contribution in [0.4, 0.5) is 15.9 Å². The van der Waals surface area contributed by atoms with Gasteiger partial charge in [-0.2, -0.15) is 19.2 Å². The number of aryl methyl sites for hydroxylation is 2. The number of ether oxygens (including phenoxy) is 2. The fraction of sp³-hybridized carbons (Fsp3) is 0.222. The molecule has 0 saturated carbocycles. The van der Waals surface area contributed by atoms with Gasteiger partial charge in [-0.3, -0.25) is 25.1 Å². The van der Waals surface area contributed by atoms with Crippen molar-refractivity contribution in [1.82, 2.24) is 21.1 Å². The Labute approximate surface area is 501 Å². The molecule has 0 bridgehead atoms. The number of nitrogens with one attached hydrogen (secondary N) is 3. The van der Waals surface area contributed by atoms with Crippen molar-refractivity contribution in [2.45, 2.75) is 40.5 Å². The highest BCUT2D eigenvalue weighted by atomic mass is 79.9. The van der Waals surface area contributed by atoms with E-state index in [1.165, 1.54) is 48.8 Å². The van der Waals surface area contributed by atoms with E-state index >= 15 is 0 Å². The quantitative estimate of drug-likeness (QED) is 0.0176. The third-order valence-electron chi connectivity index (χ3n) is 11.5. The molecule has 32 heteroatoms. The Morgan fingerprint density at radius 1 is 0.744 bits per heavy atom. The first kappa shape index (κ1) is 71.4. The van der Waals surface area contributed by atoms with Gasteiger partial charge in [0.25, 0.3) is 12.4 Å². The number of carbonyl (C=O) groups excluding carboxylic acids is 7. The van der Waals surface area contributed by atoms with Crippen LogP contribution in [0.5, 0.6) is 5.75 Å². The number of halogens is 2. The Morgan fingerprint density at radius 2 is 1.29 bits per heavy atom. The molecule has 0 fully saturated rings. The number of aliphatic hydroxyl groups excluding tert-OH is 1. The predicted molar refractivity (Wildman–Crippen MR) is 313 cm³/mol. The van der Waals surface area contributed by atoms with Crippen LogP contribution in [-0.4, -0.2) is 146 Å². The number of aliphatic imine (C=N–C) groups is 1. The van der Waals surface area contributed by atoms with Crippen molar-refractivity contribution in [1.29, 1.82) is 0 Å². The molecule has 4 aliphatic rings. The van der Waals surface area contributed by atoms with Crippen LogP contribution in [0.25, 0.3) is 12.2 Å². The summed E-state index contributed by atoms with van der Waals surface area (Å²) in [4.78, 5) is 69.1. The Morgan fingerprint density at radius 3 is 1.84 bits per heavy atom. The maximum absolute atomic E-state index is 13.4. The van der Waals surface area contributed by atoms with E-state index in [2.05, 4.69) is 63.5 Å². The molecule has 26 nitrogen and oxygen atoms in total. The van der Waals surface area contributed by atoms with Gasteiger partial charge in [-0.15, -0.1) is 0 Å². The third-order valence-corrected chi connectivity index (χ3v) is 12.1. The van der Waals surface area contributed by atoms with E-state index in [-0.39, 0.29) is 59.1 Å². The van der Waals surface area contributed by atoms with E-state index in [1.54, 1.807) is 43.3 Å². The van der Waals surface area contributed by atoms with E-state index in [0.29, 0.717) is 54.2 Å². The first-order valence-electron chi connectivity index (χ1n) is 25.4. The minimum absolute atomic E-state index is 0.0750. The van der Waals surface area contributed by atoms with Gasteiger partial charge in [-0.1, -0.05) is 59.7 Å². The van der Waals surface area contributed by atoms with Crippen LogP contribution in [-0.2, 0) is 65.0 Å². The van der Waals surface area contributed by atoms with Crippen molar-refractivity contribution < 1.29 is 101 Å². The molecule has 0 saturated heterocycles. The Balaban J connectivity index is 0.000000307. The number of amidine groups is 1. The van der Waals surface area contributed by atoms with Crippen LogP contribution >= 0.6 is 15.9 Å². The number of rotatable bonds is 10. The minimum Gasteiger partial charge on any atom is -0.538 e. The number of aliphatic hydroxyl groups is 1. The first-order valence-corrected chi connectivity index (χ1v) is 26.2. The molecule has 86 heavy (non-hydrogen) atoms. The molecule has 10 rings (SSSR count). The molecule has 4 aliphatic heterocycles. The van der Waals surface area contributed by atoms with E-state index in [1.807, 2.05) is 55.7 Å². The third kappa shape index (κ3) is 23.3. The van der Waals surface area contributed by atoms with Gasteiger partial charge < -0.3 is 63.9 Å². The maximum Gasteiger partial charge on any atom is 0.560 e. The summed E-state index contributed by atoms with van der Waals surface area (Å²) in [6.07, 6.45) is 8.64. The maximum atomic E-state index is 13.4. The van der Waals surface area contributed by atoms with Crippen LogP contribution in [0.15, 0.2) is 118 Å². The van der Waals surface area contributed by atoms with Crippen LogP contribution in [0, 0.1) is 19.7 Å². The number of anilines is 1. The van der Waals surface area contributed by atoms with Gasteiger partial charge in [0.05, 0.1) is 29.3 Å². The van der Waals surface area contributed by atoms with Crippen LogP contribution < -0.4 is 42.7 Å². The molecule has 5 heterocycles. The lowest BCUT2D eigenvalue weighted by atomic mass is 9.73. The molecule has 0 unspecified atom stereocenters. The number of esters is 1. The number of amides is 1. The average molecular weight is 1250 g/mol. The van der Waals surface area contributed by atoms with Crippen molar-refractivity contribution in [2.75, 3.05) is 45.3 Å². The zero-order chi connectivity index (χ0) is 63.6. The van der Waals surface area contributed by atoms with E-state index < -0.39 is 34.3 Å². The number of aromatic nitrogens is 2. The fourth-order valence-corrected chi connectivity index (χ4v) is 8.04. The molecule has 6 aromatic rings. The van der Waals surface area contributed by atoms with Gasteiger partial charge in [0.2, 0.25) is 5.82 Å². The predicted octanol–water partition coefficient (Wildman–Crippen LogP) is 0.990. The number of hydrogen-bond acceptors (Lipinski definition) is 24. The van der Waals surface area contributed by atoms with Gasteiger partial charge in [0.15, 0.2) is 11.5 Å². The van der Waals surface area contributed by atoms with E-state index in [0.717, 1.165) is 53.1 Å². The highest BCUT2D eigenvalue weighted by molar-refractivity contribution is 9.10. The Bertz CT molecular complexity index is 3320. The molecular weight excluding hydrogens is 1190 g/mol. The summed E-state index contributed by atoms with van der Waals surface area (Å²) in [6.45, 7) is 9.61. The van der Waals surface area contributed by atoms with Gasteiger partial charge >= 0.3 is 46.7 Å². The molecule has 0 spiro atoms. The van der Waals surface area contributed by atoms with Crippen molar-refractivity contribution in [3.8, 4) is 5.75 Å². The average Bonchev–Trinajstić information content (AvgIpc) is 3.56. The SMILES string of the molecule is CCOC(C)=O.CO.Cc1ccc2c(c1)B(O)OC=C2.Cc1ccc2c(c1)B(O)OCC2.O=C(NCCNc1nonc1C(=Nc1ccc(F)c(Br)c1)NO)c1ccc2c(c1)B(O)OC=C2.O=C=O.O=C=O.O=COc1ccc2c(c1)B(O)OCC2. The zero-order valence-electron chi connectivity index (χ0n) is 46.8. The number of benzene rings is 5. The summed E-state index contributed by atoms with van der Waals surface area (Å²) in [7, 11) is -2.55. The summed E-state index contributed by atoms with van der Waals surface area (Å²) >= 11 is 3.07. The lowest BCUT2D eigenvalue weighted by molar-refractivity contribution is -0.193. The number of hydroxylamine groups is 1. The van der Waals surface area contributed by atoms with Crippen molar-refractivity contribution in [2.24, 2.45) is 4.99 Å². The Hall–Kier alpha value is -8.89. The zero-order valence-corrected chi connectivity index (χ0v) is 48.4. The minimum atomic E-state index is -1.13. The summed E-state index contributed by atoms with van der Waals surface area (Å²) in [6, 6.07) is 26.2. The van der Waals surface area contributed by atoms with Gasteiger partial charge in [0, 0.05) is 56.8 Å². The smallest absolute Gasteiger partial charge is 0.538 e. The monoisotopic (exact) mass is 1250 g/mol. The fourth-order valence-electron chi connectivity index (χ4n) is 7.67. The number of nitrogens with zero attached hydrogens (tertiary/aromatic N) is 3. The molecule has 0 atom stereocenters. The van der Waals surface area contributed by atoms with Crippen molar-refractivity contribution >= 4 is 126 Å². The highest BCUT2D eigenvalue weighted by Crippen LogP contribution is 2.23. The van der Waals surface area contributed by atoms with Gasteiger partial charge in [-0.05, 0) is 148 Å². The van der Waals surface area contributed by atoms with E-state index in [4.69, 9.17) is 47.5 Å². The van der Waals surface area contributed by atoms with Gasteiger partial charge in [-0.25, -0.2) is 14.0 Å². The molecule has 1 amide bonds. The van der Waals surface area contributed by atoms with E-state index in [9.17, 15) is 44.1 Å². The lowest BCUT2D eigenvalue weighted by Crippen LogP contribution is -2.41. The Kier molecular flexibility index (Phi) is 32.3. The number of fused-ring (bicyclic) bond motifs is 4. The molecular formula is C54H58B4BrFN6O20. The number of carbonyl (C=O) groups is 3. The summed E-state index contributed by atoms with van der Waals surface area (Å²) in [5, 5.41) is 67.9. The molecule has 0 aliphatic carbocycles. The molecule has 1 aromatic heterocycles. The second-order valence-electron chi connectivity index (χ2n) is 17.2. The molecule has 0 radical (unpaired) electrons.